The second-order valence-electron chi connectivity index (χ2n) is 5.69. The number of esters is 1. The molecule has 5 heteroatoms. The Morgan fingerprint density at radius 2 is 1.67 bits per heavy atom. The number of nitrogens with one attached hydrogen (secondary N) is 1. The van der Waals surface area contributed by atoms with Gasteiger partial charge in [0.15, 0.2) is 6.10 Å². The monoisotopic (exact) mass is 326 g/mol. The van der Waals surface area contributed by atoms with E-state index >= 15 is 0 Å². The lowest BCUT2D eigenvalue weighted by atomic mass is 10.2. The molecule has 2 aromatic rings. The molecule has 24 heavy (non-hydrogen) atoms. The second kappa shape index (κ2) is 8.15. The van der Waals surface area contributed by atoms with Crippen LogP contribution in [0.5, 0.6) is 0 Å². The molecular weight excluding hydrogens is 304 g/mol. The molecule has 0 unspecified atom stereocenters. The Hall–Kier alpha value is -2.82. The first-order chi connectivity index (χ1) is 11.5. The molecule has 0 bridgehead atoms. The first-order valence-corrected chi connectivity index (χ1v) is 7.77. The number of hydrogen-bond donors (Lipinski definition) is 1. The third-order valence-corrected chi connectivity index (χ3v) is 3.58. The standard InChI is InChI=1S/C19H22N2O3/c1-14(18(22)20-13-15-7-5-4-6-8-15)24-19(23)16-9-11-17(12-10-16)21(2)3/h4-12,14H,13H2,1-3H3,(H,20,22)/t14-/m1/s1. The lowest BCUT2D eigenvalue weighted by molar-refractivity contribution is -0.129. The smallest absolute Gasteiger partial charge is 0.338 e. The molecule has 1 amide bonds. The highest BCUT2D eigenvalue weighted by Crippen LogP contribution is 2.13. The summed E-state index contributed by atoms with van der Waals surface area (Å²) in [5, 5.41) is 2.76. The number of anilines is 1. The highest BCUT2D eigenvalue weighted by atomic mass is 16.5. The van der Waals surface area contributed by atoms with Crippen LogP contribution >= 0.6 is 0 Å². The average Bonchev–Trinajstić information content (AvgIpc) is 2.60. The van der Waals surface area contributed by atoms with Crippen molar-refractivity contribution < 1.29 is 14.3 Å². The topological polar surface area (TPSA) is 58.6 Å². The van der Waals surface area contributed by atoms with Crippen LogP contribution in [0, 0.1) is 0 Å². The van der Waals surface area contributed by atoms with Crippen LogP contribution in [0.4, 0.5) is 5.69 Å². The fraction of sp³-hybridized carbons (Fsp3) is 0.263. The zero-order chi connectivity index (χ0) is 17.5. The van der Waals surface area contributed by atoms with Crippen LogP contribution in [0.3, 0.4) is 0 Å². The van der Waals surface area contributed by atoms with Crippen LogP contribution in [0.2, 0.25) is 0 Å². The molecule has 5 nitrogen and oxygen atoms in total. The van der Waals surface area contributed by atoms with Crippen LogP contribution in [0.1, 0.15) is 22.8 Å². The van der Waals surface area contributed by atoms with Gasteiger partial charge in [-0.05, 0) is 36.8 Å². The molecule has 2 aromatic carbocycles. The van der Waals surface area contributed by atoms with E-state index in [1.165, 1.54) is 0 Å². The van der Waals surface area contributed by atoms with E-state index in [0.717, 1.165) is 11.3 Å². The van der Waals surface area contributed by atoms with Gasteiger partial charge in [0.25, 0.3) is 5.91 Å². The van der Waals surface area contributed by atoms with E-state index in [4.69, 9.17) is 4.74 Å². The molecule has 0 fully saturated rings. The molecule has 1 atom stereocenters. The van der Waals surface area contributed by atoms with Gasteiger partial charge < -0.3 is 15.0 Å². The Kier molecular flexibility index (Phi) is 5.95. The summed E-state index contributed by atoms with van der Waals surface area (Å²) in [7, 11) is 3.85. The van der Waals surface area contributed by atoms with Gasteiger partial charge in [0.2, 0.25) is 0 Å². The van der Waals surface area contributed by atoms with Crippen molar-refractivity contribution in [1.82, 2.24) is 5.32 Å². The van der Waals surface area contributed by atoms with Crippen molar-refractivity contribution in [2.45, 2.75) is 19.6 Å². The highest BCUT2D eigenvalue weighted by Gasteiger charge is 2.18. The predicted molar refractivity (Wildman–Crippen MR) is 93.9 cm³/mol. The van der Waals surface area contributed by atoms with E-state index in [-0.39, 0.29) is 5.91 Å². The van der Waals surface area contributed by atoms with Crippen LogP contribution in [0.25, 0.3) is 0 Å². The Bertz CT molecular complexity index is 682. The number of rotatable bonds is 6. The van der Waals surface area contributed by atoms with E-state index in [1.54, 1.807) is 19.1 Å². The number of hydrogen-bond acceptors (Lipinski definition) is 4. The third-order valence-electron chi connectivity index (χ3n) is 3.58. The Morgan fingerprint density at radius 1 is 1.04 bits per heavy atom. The molecule has 126 valence electrons. The summed E-state index contributed by atoms with van der Waals surface area (Å²) < 4.78 is 5.22. The van der Waals surface area contributed by atoms with Crippen LogP contribution in [0.15, 0.2) is 54.6 Å². The minimum absolute atomic E-state index is 0.322. The lowest BCUT2D eigenvalue weighted by Gasteiger charge is -2.15. The van der Waals surface area contributed by atoms with E-state index < -0.39 is 12.1 Å². The molecule has 0 saturated heterocycles. The fourth-order valence-electron chi connectivity index (χ4n) is 2.11. The largest absolute Gasteiger partial charge is 0.449 e. The Balaban J connectivity index is 1.87. The highest BCUT2D eigenvalue weighted by molar-refractivity contribution is 5.92. The van der Waals surface area contributed by atoms with Crippen LogP contribution < -0.4 is 10.2 Å². The van der Waals surface area contributed by atoms with Gasteiger partial charge in [0.1, 0.15) is 0 Å². The molecule has 2 rings (SSSR count). The normalized spacial score (nSPS) is 11.5. The first kappa shape index (κ1) is 17.5. The Labute approximate surface area is 142 Å². The molecule has 0 spiro atoms. The molecule has 0 heterocycles. The number of amides is 1. The molecule has 0 aliphatic carbocycles. The minimum Gasteiger partial charge on any atom is -0.449 e. The summed E-state index contributed by atoms with van der Waals surface area (Å²) in [6.07, 6.45) is -0.852. The van der Waals surface area contributed by atoms with Gasteiger partial charge in [-0.25, -0.2) is 4.79 Å². The molecule has 0 radical (unpaired) electrons. The molecule has 1 N–H and O–H groups in total. The van der Waals surface area contributed by atoms with Crippen LogP contribution in [-0.4, -0.2) is 32.1 Å². The van der Waals surface area contributed by atoms with Crippen molar-refractivity contribution in [2.75, 3.05) is 19.0 Å². The van der Waals surface area contributed by atoms with Crippen molar-refractivity contribution in [1.29, 1.82) is 0 Å². The molecular formula is C19H22N2O3. The fourth-order valence-corrected chi connectivity index (χ4v) is 2.11. The van der Waals surface area contributed by atoms with Crippen molar-refractivity contribution in [2.24, 2.45) is 0 Å². The maximum absolute atomic E-state index is 12.1. The number of carbonyl (C=O) groups excluding carboxylic acids is 2. The van der Waals surface area contributed by atoms with Crippen LogP contribution in [-0.2, 0) is 16.1 Å². The number of nitrogens with zero attached hydrogens (tertiary/aromatic N) is 1. The average molecular weight is 326 g/mol. The molecule has 0 aliphatic rings. The number of benzene rings is 2. The summed E-state index contributed by atoms with van der Waals surface area (Å²) in [5.74, 6) is -0.834. The van der Waals surface area contributed by atoms with Gasteiger partial charge in [-0.2, -0.15) is 0 Å². The maximum Gasteiger partial charge on any atom is 0.338 e. The van der Waals surface area contributed by atoms with Gasteiger partial charge in [-0.15, -0.1) is 0 Å². The summed E-state index contributed by atoms with van der Waals surface area (Å²) in [6.45, 7) is 1.96. The van der Waals surface area contributed by atoms with Crippen molar-refractivity contribution in [3.8, 4) is 0 Å². The van der Waals surface area contributed by atoms with Gasteiger partial charge in [-0.1, -0.05) is 30.3 Å². The molecule has 0 aromatic heterocycles. The Morgan fingerprint density at radius 3 is 2.25 bits per heavy atom. The zero-order valence-electron chi connectivity index (χ0n) is 14.2. The van der Waals surface area contributed by atoms with Gasteiger partial charge in [-0.3, -0.25) is 4.79 Å². The summed E-state index contributed by atoms with van der Waals surface area (Å²) in [6, 6.07) is 16.6. The van der Waals surface area contributed by atoms with E-state index in [9.17, 15) is 9.59 Å². The zero-order valence-corrected chi connectivity index (χ0v) is 14.2. The predicted octanol–water partition coefficient (Wildman–Crippen LogP) is 2.61. The second-order valence-corrected chi connectivity index (χ2v) is 5.69. The minimum atomic E-state index is -0.852. The van der Waals surface area contributed by atoms with E-state index in [0.29, 0.717) is 12.1 Å². The number of carbonyl (C=O) groups is 2. The van der Waals surface area contributed by atoms with Gasteiger partial charge in [0, 0.05) is 26.3 Å². The summed E-state index contributed by atoms with van der Waals surface area (Å²) >= 11 is 0. The molecule has 0 saturated carbocycles. The number of ether oxygens (including phenoxy) is 1. The summed E-state index contributed by atoms with van der Waals surface area (Å²) in [5.41, 5.74) is 2.40. The van der Waals surface area contributed by atoms with Crippen molar-refractivity contribution in [3.05, 3.63) is 65.7 Å². The SMILES string of the molecule is C[C@@H](OC(=O)c1ccc(N(C)C)cc1)C(=O)NCc1ccccc1. The van der Waals surface area contributed by atoms with E-state index in [2.05, 4.69) is 5.32 Å². The maximum atomic E-state index is 12.1. The van der Waals surface area contributed by atoms with Crippen molar-refractivity contribution in [3.63, 3.8) is 0 Å². The van der Waals surface area contributed by atoms with Crippen molar-refractivity contribution >= 4 is 17.6 Å². The quantitative estimate of drug-likeness (QED) is 0.829. The van der Waals surface area contributed by atoms with E-state index in [1.807, 2.05) is 61.5 Å². The van der Waals surface area contributed by atoms with Gasteiger partial charge in [0.05, 0.1) is 5.56 Å². The molecule has 0 aliphatic heterocycles. The van der Waals surface area contributed by atoms with Gasteiger partial charge >= 0.3 is 5.97 Å². The first-order valence-electron chi connectivity index (χ1n) is 7.77. The summed E-state index contributed by atoms with van der Waals surface area (Å²) in [4.78, 5) is 26.1. The lowest BCUT2D eigenvalue weighted by Crippen LogP contribution is -2.35. The third kappa shape index (κ3) is 4.84.